The van der Waals surface area contributed by atoms with Crippen molar-refractivity contribution in [3.63, 3.8) is 0 Å². The van der Waals surface area contributed by atoms with E-state index in [9.17, 15) is 8.42 Å². The largest absolute Gasteiger partial charge is 0.495 e. The van der Waals surface area contributed by atoms with Crippen molar-refractivity contribution in [3.05, 3.63) is 23.8 Å². The number of rotatable bonds is 8. The molecule has 0 aliphatic rings. The minimum Gasteiger partial charge on any atom is -0.495 e. The van der Waals surface area contributed by atoms with Crippen molar-refractivity contribution in [3.8, 4) is 5.75 Å². The fourth-order valence-corrected chi connectivity index (χ4v) is 2.28. The predicted octanol–water partition coefficient (Wildman–Crippen LogP) is -0.128. The molecule has 0 heterocycles. The van der Waals surface area contributed by atoms with Gasteiger partial charge in [-0.15, -0.1) is 0 Å². The van der Waals surface area contributed by atoms with Crippen LogP contribution >= 0.6 is 0 Å². The molecule has 0 saturated heterocycles. The van der Waals surface area contributed by atoms with Gasteiger partial charge in [-0.2, -0.15) is 13.1 Å². The zero-order chi connectivity index (χ0) is 15.2. The van der Waals surface area contributed by atoms with E-state index >= 15 is 0 Å². The van der Waals surface area contributed by atoms with Gasteiger partial charge in [0.15, 0.2) is 0 Å². The highest BCUT2D eigenvalue weighted by Crippen LogP contribution is 2.26. The smallest absolute Gasteiger partial charge is 0.299 e. The lowest BCUT2D eigenvalue weighted by atomic mass is 10.2. The van der Waals surface area contributed by atoms with Crippen LogP contribution in [0.1, 0.15) is 5.56 Å². The maximum absolute atomic E-state index is 11.8. The maximum atomic E-state index is 11.8. The van der Waals surface area contributed by atoms with Crippen LogP contribution in [0.25, 0.3) is 0 Å². The molecule has 1 aromatic carbocycles. The number of hydrogen-bond acceptors (Lipinski definition) is 5. The van der Waals surface area contributed by atoms with Crippen molar-refractivity contribution < 1.29 is 17.9 Å². The Morgan fingerprint density at radius 3 is 2.65 bits per heavy atom. The van der Waals surface area contributed by atoms with E-state index in [0.29, 0.717) is 5.56 Å². The normalized spacial score (nSPS) is 11.1. The van der Waals surface area contributed by atoms with Crippen LogP contribution in [0.2, 0.25) is 0 Å². The van der Waals surface area contributed by atoms with Crippen molar-refractivity contribution in [1.29, 1.82) is 5.41 Å². The summed E-state index contributed by atoms with van der Waals surface area (Å²) < 4.78 is 38.0. The molecule has 9 heteroatoms. The van der Waals surface area contributed by atoms with E-state index in [1.165, 1.54) is 32.4 Å². The summed E-state index contributed by atoms with van der Waals surface area (Å²) in [6.07, 6.45) is 0. The Balaban J connectivity index is 2.89. The zero-order valence-corrected chi connectivity index (χ0v) is 12.1. The number of nitrogens with two attached hydrogens (primary N) is 1. The molecule has 0 aliphatic heterocycles. The SMILES string of the molecule is COCCNS(=O)(=O)Nc1ccc(C(=N)N)cc1OC. The Morgan fingerprint density at radius 1 is 1.40 bits per heavy atom. The van der Waals surface area contributed by atoms with E-state index in [1.54, 1.807) is 0 Å². The van der Waals surface area contributed by atoms with Crippen LogP contribution in [-0.4, -0.2) is 41.6 Å². The third kappa shape index (κ3) is 4.68. The number of benzene rings is 1. The summed E-state index contributed by atoms with van der Waals surface area (Å²) in [6.45, 7) is 0.418. The van der Waals surface area contributed by atoms with E-state index in [2.05, 4.69) is 9.44 Å². The highest BCUT2D eigenvalue weighted by Gasteiger charge is 2.13. The van der Waals surface area contributed by atoms with Gasteiger partial charge >= 0.3 is 0 Å². The molecule has 5 N–H and O–H groups in total. The van der Waals surface area contributed by atoms with Gasteiger partial charge in [-0.3, -0.25) is 10.1 Å². The summed E-state index contributed by atoms with van der Waals surface area (Å²) in [5.74, 6) is 0.144. The Labute approximate surface area is 118 Å². The lowest BCUT2D eigenvalue weighted by Gasteiger charge is -2.13. The molecule has 0 saturated carbocycles. The van der Waals surface area contributed by atoms with Crippen molar-refractivity contribution in [1.82, 2.24) is 4.72 Å². The maximum Gasteiger partial charge on any atom is 0.299 e. The lowest BCUT2D eigenvalue weighted by molar-refractivity contribution is 0.204. The van der Waals surface area contributed by atoms with Crippen LogP contribution in [0.5, 0.6) is 5.75 Å². The number of methoxy groups -OCH3 is 2. The number of amidine groups is 1. The quantitative estimate of drug-likeness (QED) is 0.302. The molecule has 0 amide bonds. The fourth-order valence-electron chi connectivity index (χ4n) is 1.40. The molecule has 0 atom stereocenters. The van der Waals surface area contributed by atoms with E-state index in [4.69, 9.17) is 20.6 Å². The molecule has 0 aromatic heterocycles. The number of nitrogens with one attached hydrogen (secondary N) is 3. The first-order valence-corrected chi connectivity index (χ1v) is 7.16. The third-order valence-electron chi connectivity index (χ3n) is 2.36. The molecule has 8 nitrogen and oxygen atoms in total. The summed E-state index contributed by atoms with van der Waals surface area (Å²) in [4.78, 5) is 0. The monoisotopic (exact) mass is 302 g/mol. The van der Waals surface area contributed by atoms with Gasteiger partial charge in [-0.05, 0) is 18.2 Å². The average molecular weight is 302 g/mol. The second kappa shape index (κ2) is 7.08. The van der Waals surface area contributed by atoms with Gasteiger partial charge in [0.1, 0.15) is 11.6 Å². The van der Waals surface area contributed by atoms with Gasteiger partial charge in [0.2, 0.25) is 0 Å². The summed E-state index contributed by atoms with van der Waals surface area (Å²) >= 11 is 0. The van der Waals surface area contributed by atoms with Gasteiger partial charge in [-0.25, -0.2) is 0 Å². The van der Waals surface area contributed by atoms with Crippen LogP contribution in [0.4, 0.5) is 5.69 Å². The highest BCUT2D eigenvalue weighted by atomic mass is 32.2. The van der Waals surface area contributed by atoms with Gasteiger partial charge in [-0.1, -0.05) is 0 Å². The van der Waals surface area contributed by atoms with Crippen LogP contribution in [0.3, 0.4) is 0 Å². The number of ether oxygens (including phenoxy) is 2. The van der Waals surface area contributed by atoms with Crippen molar-refractivity contribution in [2.75, 3.05) is 32.1 Å². The number of nitrogen functional groups attached to an aromatic ring is 1. The molecule has 20 heavy (non-hydrogen) atoms. The Kier molecular flexibility index (Phi) is 5.74. The number of anilines is 1. The molecule has 0 fully saturated rings. The van der Waals surface area contributed by atoms with Gasteiger partial charge in [0.25, 0.3) is 10.2 Å². The molecule has 0 radical (unpaired) electrons. The fraction of sp³-hybridized carbons (Fsp3) is 0.364. The average Bonchev–Trinajstić information content (AvgIpc) is 2.38. The Hall–Kier alpha value is -1.84. The standard InChI is InChI=1S/C11H18N4O4S/c1-18-6-5-14-20(16,17)15-9-4-3-8(11(12)13)7-10(9)19-2/h3-4,7,14-15H,5-6H2,1-2H3,(H3,12,13). The van der Waals surface area contributed by atoms with Crippen molar-refractivity contribution >= 4 is 21.7 Å². The van der Waals surface area contributed by atoms with Gasteiger partial charge in [0, 0.05) is 19.2 Å². The molecular formula is C11H18N4O4S. The van der Waals surface area contributed by atoms with E-state index in [1.807, 2.05) is 0 Å². The molecule has 112 valence electrons. The third-order valence-corrected chi connectivity index (χ3v) is 3.43. The summed E-state index contributed by atoms with van der Waals surface area (Å²) in [6, 6.07) is 4.48. The van der Waals surface area contributed by atoms with Crippen LogP contribution in [0.15, 0.2) is 18.2 Å². The first-order valence-electron chi connectivity index (χ1n) is 5.68. The van der Waals surface area contributed by atoms with E-state index < -0.39 is 10.2 Å². The van der Waals surface area contributed by atoms with Gasteiger partial charge in [0.05, 0.1) is 19.4 Å². The first-order chi connectivity index (χ1) is 9.39. The van der Waals surface area contributed by atoms with Crippen LogP contribution in [-0.2, 0) is 14.9 Å². The summed E-state index contributed by atoms with van der Waals surface area (Å²) in [5, 5.41) is 7.33. The zero-order valence-electron chi connectivity index (χ0n) is 11.3. The molecule has 0 unspecified atom stereocenters. The molecular weight excluding hydrogens is 284 g/mol. The second-order valence-corrected chi connectivity index (χ2v) is 5.32. The Bertz CT molecular complexity index is 574. The second-order valence-electron chi connectivity index (χ2n) is 3.82. The first kappa shape index (κ1) is 16.2. The lowest BCUT2D eigenvalue weighted by Crippen LogP contribution is -2.32. The topological polar surface area (TPSA) is 127 Å². The summed E-state index contributed by atoms with van der Waals surface area (Å²) in [7, 11) is -0.842. The molecule has 0 aliphatic carbocycles. The molecule has 0 spiro atoms. The molecule has 0 bridgehead atoms. The molecule has 1 aromatic rings. The van der Waals surface area contributed by atoms with Crippen molar-refractivity contribution in [2.45, 2.75) is 0 Å². The van der Waals surface area contributed by atoms with E-state index in [0.717, 1.165) is 0 Å². The summed E-state index contributed by atoms with van der Waals surface area (Å²) in [5.41, 5.74) is 6.05. The predicted molar refractivity (Wildman–Crippen MR) is 76.4 cm³/mol. The van der Waals surface area contributed by atoms with Crippen molar-refractivity contribution in [2.24, 2.45) is 5.73 Å². The minimum atomic E-state index is -3.72. The Morgan fingerprint density at radius 2 is 2.10 bits per heavy atom. The molecule has 1 rings (SSSR count). The number of hydrogen-bond donors (Lipinski definition) is 4. The van der Waals surface area contributed by atoms with E-state index in [-0.39, 0.29) is 30.4 Å². The van der Waals surface area contributed by atoms with Crippen LogP contribution < -0.4 is 19.9 Å². The van der Waals surface area contributed by atoms with Crippen LogP contribution in [0, 0.1) is 5.41 Å². The highest BCUT2D eigenvalue weighted by molar-refractivity contribution is 7.90. The minimum absolute atomic E-state index is 0.129. The van der Waals surface area contributed by atoms with Gasteiger partial charge < -0.3 is 15.2 Å².